The Morgan fingerprint density at radius 1 is 0.895 bits per heavy atom. The van der Waals surface area contributed by atoms with Crippen molar-refractivity contribution in [3.05, 3.63) is 75.6 Å². The number of alkyl halides is 3. The van der Waals surface area contributed by atoms with Crippen molar-refractivity contribution in [1.29, 1.82) is 0 Å². The molecule has 2 amide bonds. The number of carbonyl (C=O) groups excluding carboxylic acids is 2. The highest BCUT2D eigenvalue weighted by atomic mass is 32.1. The number of thiophene rings is 1. The topological polar surface area (TPSA) is 56.8 Å². The third-order valence-electron chi connectivity index (χ3n) is 7.16. The third-order valence-corrected chi connectivity index (χ3v) is 9.06. The molecule has 4 aromatic rings. The van der Waals surface area contributed by atoms with Gasteiger partial charge in [0.05, 0.1) is 5.56 Å². The Labute approximate surface area is 224 Å². The van der Waals surface area contributed by atoms with Gasteiger partial charge in [-0.2, -0.15) is 13.2 Å². The maximum atomic E-state index is 14.1. The van der Waals surface area contributed by atoms with Crippen molar-refractivity contribution < 1.29 is 22.8 Å². The van der Waals surface area contributed by atoms with Gasteiger partial charge in [0.15, 0.2) is 5.01 Å². The van der Waals surface area contributed by atoms with Crippen LogP contribution in [0.2, 0.25) is 0 Å². The molecule has 2 fully saturated rings. The highest BCUT2D eigenvalue weighted by molar-refractivity contribution is 7.21. The van der Waals surface area contributed by atoms with Gasteiger partial charge in [0, 0.05) is 67.0 Å². The lowest BCUT2D eigenvalue weighted by Gasteiger charge is -2.48. The number of aromatic nitrogens is 1. The molecule has 6 rings (SSSR count). The highest BCUT2D eigenvalue weighted by Gasteiger charge is 2.43. The molecule has 4 heterocycles. The molecule has 38 heavy (non-hydrogen) atoms. The Morgan fingerprint density at radius 3 is 2.29 bits per heavy atom. The van der Waals surface area contributed by atoms with Gasteiger partial charge in [-0.15, -0.1) is 22.7 Å². The first-order valence-electron chi connectivity index (χ1n) is 12.2. The number of thiazole rings is 1. The van der Waals surface area contributed by atoms with E-state index in [4.69, 9.17) is 0 Å². The van der Waals surface area contributed by atoms with E-state index in [0.29, 0.717) is 49.0 Å². The number of carbonyl (C=O) groups is 2. The molecule has 2 aliphatic rings. The Kier molecular flexibility index (Phi) is 6.45. The fraction of sp³-hybridized carbons (Fsp3) is 0.296. The summed E-state index contributed by atoms with van der Waals surface area (Å²) in [5.74, 6) is -0.654. The Balaban J connectivity index is 1.15. The zero-order chi connectivity index (χ0) is 26.4. The van der Waals surface area contributed by atoms with E-state index in [0.717, 1.165) is 22.5 Å². The first kappa shape index (κ1) is 25.0. The van der Waals surface area contributed by atoms with E-state index in [1.807, 2.05) is 30.3 Å². The van der Waals surface area contributed by atoms with Crippen molar-refractivity contribution in [1.82, 2.24) is 19.7 Å². The van der Waals surface area contributed by atoms with Crippen LogP contribution in [0.25, 0.3) is 21.2 Å². The third kappa shape index (κ3) is 4.59. The monoisotopic (exact) mass is 556 g/mol. The Morgan fingerprint density at radius 2 is 1.63 bits per heavy atom. The van der Waals surface area contributed by atoms with E-state index >= 15 is 0 Å². The number of halogens is 3. The molecule has 2 saturated heterocycles. The minimum absolute atomic E-state index is 0.0589. The summed E-state index contributed by atoms with van der Waals surface area (Å²) in [5.41, 5.74) is 0.867. The van der Waals surface area contributed by atoms with Crippen LogP contribution in [0.15, 0.2) is 60.1 Å². The van der Waals surface area contributed by atoms with Gasteiger partial charge in [0.1, 0.15) is 4.88 Å². The maximum Gasteiger partial charge on any atom is 0.418 e. The minimum Gasteiger partial charge on any atom is -0.335 e. The molecule has 0 N–H and O–H groups in total. The fourth-order valence-corrected chi connectivity index (χ4v) is 6.92. The molecule has 6 nitrogen and oxygen atoms in total. The number of hydrogen-bond donors (Lipinski definition) is 0. The molecule has 0 bridgehead atoms. The molecular formula is C27H23F3N4O2S2. The molecule has 2 aliphatic heterocycles. The van der Waals surface area contributed by atoms with Gasteiger partial charge in [0.2, 0.25) is 0 Å². The van der Waals surface area contributed by atoms with Crippen LogP contribution in [-0.2, 0) is 6.18 Å². The SMILES string of the molecule is O=C(c1nccs1)N1CCN(C2CN(C(=O)c3sc4cc(-c5ccccc5)ccc4c3C(F)(F)F)C2)CC1. The van der Waals surface area contributed by atoms with Gasteiger partial charge < -0.3 is 9.80 Å². The average Bonchev–Trinajstić information content (AvgIpc) is 3.56. The van der Waals surface area contributed by atoms with Gasteiger partial charge in [-0.25, -0.2) is 4.98 Å². The summed E-state index contributed by atoms with van der Waals surface area (Å²) in [6, 6.07) is 14.4. The van der Waals surface area contributed by atoms with E-state index in [1.54, 1.807) is 28.6 Å². The molecule has 0 radical (unpaired) electrons. The minimum atomic E-state index is -4.64. The van der Waals surface area contributed by atoms with Gasteiger partial charge in [0.25, 0.3) is 11.8 Å². The Bertz CT molecular complexity index is 1470. The largest absolute Gasteiger partial charge is 0.418 e. The lowest BCUT2D eigenvalue weighted by atomic mass is 10.0. The summed E-state index contributed by atoms with van der Waals surface area (Å²) in [6.07, 6.45) is -3.03. The summed E-state index contributed by atoms with van der Waals surface area (Å²) in [4.78, 5) is 35.1. The normalized spacial score (nSPS) is 17.1. The Hall–Kier alpha value is -3.28. The van der Waals surface area contributed by atoms with Crippen molar-refractivity contribution in [3.63, 3.8) is 0 Å². The number of rotatable bonds is 4. The summed E-state index contributed by atoms with van der Waals surface area (Å²) >= 11 is 2.22. The predicted octanol–water partition coefficient (Wildman–Crippen LogP) is 5.33. The molecular weight excluding hydrogens is 533 g/mol. The van der Waals surface area contributed by atoms with Gasteiger partial charge in [-0.1, -0.05) is 42.5 Å². The summed E-state index contributed by atoms with van der Waals surface area (Å²) < 4.78 is 42.9. The second-order valence-electron chi connectivity index (χ2n) is 9.41. The average molecular weight is 557 g/mol. The van der Waals surface area contributed by atoms with Crippen LogP contribution in [0.5, 0.6) is 0 Å². The zero-order valence-electron chi connectivity index (χ0n) is 20.1. The van der Waals surface area contributed by atoms with Crippen molar-refractivity contribution in [2.45, 2.75) is 12.2 Å². The molecule has 0 saturated carbocycles. The van der Waals surface area contributed by atoms with Crippen LogP contribution in [0.1, 0.15) is 25.0 Å². The zero-order valence-corrected chi connectivity index (χ0v) is 21.8. The molecule has 0 spiro atoms. The second-order valence-corrected chi connectivity index (χ2v) is 11.4. The van der Waals surface area contributed by atoms with Crippen LogP contribution in [0, 0.1) is 0 Å². The lowest BCUT2D eigenvalue weighted by Crippen LogP contribution is -2.64. The summed E-state index contributed by atoms with van der Waals surface area (Å²) in [7, 11) is 0. The first-order valence-corrected chi connectivity index (χ1v) is 13.9. The van der Waals surface area contributed by atoms with Crippen LogP contribution >= 0.6 is 22.7 Å². The number of hydrogen-bond acceptors (Lipinski definition) is 6. The van der Waals surface area contributed by atoms with E-state index < -0.39 is 17.6 Å². The van der Waals surface area contributed by atoms with E-state index in [9.17, 15) is 22.8 Å². The molecule has 0 aliphatic carbocycles. The smallest absolute Gasteiger partial charge is 0.335 e. The number of fused-ring (bicyclic) bond motifs is 1. The molecule has 0 atom stereocenters. The number of likely N-dealkylation sites (tertiary alicyclic amines) is 1. The quantitative estimate of drug-likeness (QED) is 0.341. The summed E-state index contributed by atoms with van der Waals surface area (Å²) in [6.45, 7) is 3.17. The molecule has 2 aromatic heterocycles. The van der Waals surface area contributed by atoms with E-state index in [1.165, 1.54) is 22.3 Å². The van der Waals surface area contributed by atoms with Crippen LogP contribution in [0.4, 0.5) is 13.2 Å². The van der Waals surface area contributed by atoms with Crippen LogP contribution in [0.3, 0.4) is 0 Å². The second kappa shape index (κ2) is 9.79. The predicted molar refractivity (Wildman–Crippen MR) is 142 cm³/mol. The van der Waals surface area contributed by atoms with E-state index in [-0.39, 0.29) is 22.2 Å². The van der Waals surface area contributed by atoms with Crippen molar-refractivity contribution in [2.75, 3.05) is 39.3 Å². The molecule has 196 valence electrons. The van der Waals surface area contributed by atoms with Gasteiger partial charge >= 0.3 is 6.18 Å². The molecule has 11 heteroatoms. The molecule has 2 aromatic carbocycles. The standard InChI is InChI=1S/C27H23F3N4O2S2/c28-27(29,30)22-20-7-6-18(17-4-2-1-3-5-17)14-21(20)38-23(22)25(35)34-15-19(16-34)32-9-11-33(12-10-32)26(36)24-31-8-13-37-24/h1-8,13-14,19H,9-12,15-16H2. The summed E-state index contributed by atoms with van der Waals surface area (Å²) in [5, 5.41) is 2.30. The van der Waals surface area contributed by atoms with E-state index in [2.05, 4.69) is 9.88 Å². The number of nitrogens with zero attached hydrogens (tertiary/aromatic N) is 4. The van der Waals surface area contributed by atoms with Crippen molar-refractivity contribution in [2.24, 2.45) is 0 Å². The number of benzene rings is 2. The number of piperazine rings is 1. The number of amides is 2. The van der Waals surface area contributed by atoms with Gasteiger partial charge in [-0.05, 0) is 17.2 Å². The van der Waals surface area contributed by atoms with Crippen molar-refractivity contribution in [3.8, 4) is 11.1 Å². The van der Waals surface area contributed by atoms with Crippen molar-refractivity contribution >= 4 is 44.6 Å². The fourth-order valence-electron chi connectivity index (χ4n) is 5.09. The van der Waals surface area contributed by atoms with Gasteiger partial charge in [-0.3, -0.25) is 14.5 Å². The lowest BCUT2D eigenvalue weighted by molar-refractivity contribution is -0.136. The highest BCUT2D eigenvalue weighted by Crippen LogP contribution is 2.44. The maximum absolute atomic E-state index is 14.1. The van der Waals surface area contributed by atoms with Crippen LogP contribution < -0.4 is 0 Å². The first-order chi connectivity index (χ1) is 18.3. The van der Waals surface area contributed by atoms with Crippen LogP contribution in [-0.4, -0.2) is 76.8 Å². The molecule has 0 unspecified atom stereocenters.